The van der Waals surface area contributed by atoms with Crippen molar-refractivity contribution in [3.05, 3.63) is 48.0 Å². The second kappa shape index (κ2) is 8.17. The Labute approximate surface area is 180 Å². The number of hydrogen-bond donors (Lipinski definition) is 1. The number of halogens is 3. The molecule has 12 heteroatoms. The second-order valence-electron chi connectivity index (χ2n) is 7.15. The van der Waals surface area contributed by atoms with Gasteiger partial charge in [-0.05, 0) is 49.2 Å². The normalized spacial score (nSPS) is 18.2. The van der Waals surface area contributed by atoms with E-state index in [2.05, 4.69) is 14.1 Å². The number of rotatable bonds is 4. The molecule has 3 aromatic rings. The van der Waals surface area contributed by atoms with E-state index in [0.29, 0.717) is 23.9 Å². The predicted octanol–water partition coefficient (Wildman–Crippen LogP) is 3.75. The number of carbonyl (C=O) groups excluding carboxylic acids is 1. The van der Waals surface area contributed by atoms with Crippen LogP contribution in [0.2, 0.25) is 0 Å². The van der Waals surface area contributed by atoms with Crippen molar-refractivity contribution in [3.8, 4) is 0 Å². The molecule has 0 aliphatic carbocycles. The fourth-order valence-electron chi connectivity index (χ4n) is 3.49. The van der Waals surface area contributed by atoms with Gasteiger partial charge in [0.1, 0.15) is 15.9 Å². The van der Waals surface area contributed by atoms with E-state index in [1.54, 1.807) is 12.1 Å². The average molecular weight is 470 g/mol. The summed E-state index contributed by atoms with van der Waals surface area (Å²) in [6.07, 6.45) is -3.51. The number of hydrogen-bond acceptors (Lipinski definition) is 6. The first-order valence-corrected chi connectivity index (χ1v) is 11.5. The minimum absolute atomic E-state index is 0.0250. The van der Waals surface area contributed by atoms with Gasteiger partial charge in [-0.3, -0.25) is 4.79 Å². The standard InChI is InChI=1S/C19H17F3N4O3S2/c20-19(21,22)13-6-8-14(9-7-13)23-18(27)12-3-2-10-26(11-12)31(28,29)16-5-1-4-15-17(16)25-30-24-15/h1,4-9,12H,2-3,10-11H2,(H,23,27)/t12-/m1/s1. The first-order valence-electron chi connectivity index (χ1n) is 9.36. The Bertz CT molecular complexity index is 1210. The van der Waals surface area contributed by atoms with E-state index in [0.717, 1.165) is 23.9 Å². The molecular formula is C19H17F3N4O3S2. The van der Waals surface area contributed by atoms with Crippen molar-refractivity contribution in [2.45, 2.75) is 23.9 Å². The molecule has 0 spiro atoms. The Morgan fingerprint density at radius 3 is 2.58 bits per heavy atom. The van der Waals surface area contributed by atoms with Crippen molar-refractivity contribution in [2.75, 3.05) is 18.4 Å². The molecular weight excluding hydrogens is 453 g/mol. The van der Waals surface area contributed by atoms with Gasteiger partial charge in [-0.25, -0.2) is 8.42 Å². The monoisotopic (exact) mass is 470 g/mol. The lowest BCUT2D eigenvalue weighted by atomic mass is 9.98. The van der Waals surface area contributed by atoms with Crippen LogP contribution in [0.1, 0.15) is 18.4 Å². The highest BCUT2D eigenvalue weighted by Gasteiger charge is 2.35. The van der Waals surface area contributed by atoms with Crippen LogP contribution in [-0.2, 0) is 21.0 Å². The summed E-state index contributed by atoms with van der Waals surface area (Å²) in [5, 5.41) is 2.58. The van der Waals surface area contributed by atoms with Gasteiger partial charge in [0.15, 0.2) is 0 Å². The molecule has 1 atom stereocenters. The van der Waals surface area contributed by atoms with Crippen LogP contribution in [0.3, 0.4) is 0 Å². The largest absolute Gasteiger partial charge is 0.416 e. The highest BCUT2D eigenvalue weighted by molar-refractivity contribution is 7.89. The van der Waals surface area contributed by atoms with Crippen molar-refractivity contribution >= 4 is 44.4 Å². The number of carbonyl (C=O) groups is 1. The molecule has 1 aliphatic rings. The Hall–Kier alpha value is -2.57. The molecule has 0 radical (unpaired) electrons. The van der Waals surface area contributed by atoms with Crippen LogP contribution in [0, 0.1) is 5.92 Å². The summed E-state index contributed by atoms with van der Waals surface area (Å²) in [6.45, 7) is 0.239. The van der Waals surface area contributed by atoms with Gasteiger partial charge in [-0.2, -0.15) is 26.2 Å². The van der Waals surface area contributed by atoms with Crippen molar-refractivity contribution < 1.29 is 26.4 Å². The molecule has 1 aromatic heterocycles. The van der Waals surface area contributed by atoms with E-state index < -0.39 is 33.6 Å². The molecule has 2 heterocycles. The summed E-state index contributed by atoms with van der Waals surface area (Å²) in [7, 11) is -3.89. The van der Waals surface area contributed by atoms with E-state index in [-0.39, 0.29) is 23.7 Å². The quantitative estimate of drug-likeness (QED) is 0.627. The third-order valence-corrected chi connectivity index (χ3v) is 7.54. The number of piperidine rings is 1. The Kier molecular flexibility index (Phi) is 5.71. The van der Waals surface area contributed by atoms with Gasteiger partial charge in [-0.1, -0.05) is 6.07 Å². The first-order chi connectivity index (χ1) is 14.7. The number of amides is 1. The number of alkyl halides is 3. The first kappa shape index (κ1) is 21.7. The maximum atomic E-state index is 13.2. The summed E-state index contributed by atoms with van der Waals surface area (Å²) < 4.78 is 73.8. The maximum Gasteiger partial charge on any atom is 0.416 e. The highest BCUT2D eigenvalue weighted by Crippen LogP contribution is 2.31. The van der Waals surface area contributed by atoms with Gasteiger partial charge in [0.25, 0.3) is 0 Å². The van der Waals surface area contributed by atoms with Crippen molar-refractivity contribution in [1.82, 2.24) is 13.1 Å². The van der Waals surface area contributed by atoms with Gasteiger partial charge >= 0.3 is 6.18 Å². The summed E-state index contributed by atoms with van der Waals surface area (Å²) in [6, 6.07) is 8.85. The van der Waals surface area contributed by atoms with E-state index in [4.69, 9.17) is 0 Å². The zero-order valence-electron chi connectivity index (χ0n) is 16.0. The number of benzene rings is 2. The van der Waals surface area contributed by atoms with Gasteiger partial charge in [0.2, 0.25) is 15.9 Å². The maximum absolute atomic E-state index is 13.2. The average Bonchev–Trinajstić information content (AvgIpc) is 3.22. The topological polar surface area (TPSA) is 92.3 Å². The molecule has 0 bridgehead atoms. The minimum atomic E-state index is -4.46. The van der Waals surface area contributed by atoms with Crippen LogP contribution in [0.25, 0.3) is 11.0 Å². The lowest BCUT2D eigenvalue weighted by Crippen LogP contribution is -2.43. The van der Waals surface area contributed by atoms with Crippen LogP contribution in [0.15, 0.2) is 47.4 Å². The molecule has 164 valence electrons. The van der Waals surface area contributed by atoms with E-state index in [1.807, 2.05) is 0 Å². The van der Waals surface area contributed by atoms with Crippen molar-refractivity contribution in [3.63, 3.8) is 0 Å². The van der Waals surface area contributed by atoms with E-state index in [9.17, 15) is 26.4 Å². The summed E-state index contributed by atoms with van der Waals surface area (Å²) in [5.41, 5.74) is 0.186. The van der Waals surface area contributed by atoms with Crippen LogP contribution < -0.4 is 5.32 Å². The molecule has 7 nitrogen and oxygen atoms in total. The van der Waals surface area contributed by atoms with Gasteiger partial charge < -0.3 is 5.32 Å². The fourth-order valence-corrected chi connectivity index (χ4v) is 5.77. The Morgan fingerprint density at radius 1 is 1.13 bits per heavy atom. The number of anilines is 1. The van der Waals surface area contributed by atoms with Crippen LogP contribution in [-0.4, -0.2) is 40.5 Å². The summed E-state index contributed by atoms with van der Waals surface area (Å²) in [4.78, 5) is 12.7. The fraction of sp³-hybridized carbons (Fsp3) is 0.316. The van der Waals surface area contributed by atoms with Crippen molar-refractivity contribution in [1.29, 1.82) is 0 Å². The van der Waals surface area contributed by atoms with Crippen molar-refractivity contribution in [2.24, 2.45) is 5.92 Å². The van der Waals surface area contributed by atoms with E-state index >= 15 is 0 Å². The number of aromatic nitrogens is 2. The molecule has 1 fully saturated rings. The van der Waals surface area contributed by atoms with Gasteiger partial charge in [0, 0.05) is 18.8 Å². The summed E-state index contributed by atoms with van der Waals surface area (Å²) in [5.74, 6) is -1.06. The minimum Gasteiger partial charge on any atom is -0.326 e. The molecule has 0 unspecified atom stereocenters. The van der Waals surface area contributed by atoms with Crippen LogP contribution in [0.5, 0.6) is 0 Å². The highest BCUT2D eigenvalue weighted by atomic mass is 32.2. The second-order valence-corrected chi connectivity index (χ2v) is 9.59. The molecule has 4 rings (SSSR count). The number of nitrogens with one attached hydrogen (secondary N) is 1. The molecule has 1 aliphatic heterocycles. The molecule has 1 amide bonds. The SMILES string of the molecule is O=C(Nc1ccc(C(F)(F)F)cc1)[C@@H]1CCCN(S(=O)(=O)c2cccc3nsnc23)C1. The number of fused-ring (bicyclic) bond motifs is 1. The lowest BCUT2D eigenvalue weighted by Gasteiger charge is -2.31. The molecule has 1 saturated heterocycles. The number of sulfonamides is 1. The van der Waals surface area contributed by atoms with Crippen LogP contribution >= 0.6 is 11.7 Å². The third-order valence-electron chi connectivity index (χ3n) is 5.10. The molecule has 31 heavy (non-hydrogen) atoms. The molecule has 2 aromatic carbocycles. The zero-order valence-corrected chi connectivity index (χ0v) is 17.6. The Morgan fingerprint density at radius 2 is 1.87 bits per heavy atom. The molecule has 1 N–H and O–H groups in total. The Balaban J connectivity index is 1.49. The van der Waals surface area contributed by atoms with Gasteiger partial charge in [0.05, 0.1) is 23.2 Å². The third kappa shape index (κ3) is 4.41. The summed E-state index contributed by atoms with van der Waals surface area (Å²) >= 11 is 0.921. The van der Waals surface area contributed by atoms with Gasteiger partial charge in [-0.15, -0.1) is 0 Å². The van der Waals surface area contributed by atoms with E-state index in [1.165, 1.54) is 22.5 Å². The van der Waals surface area contributed by atoms with Crippen LogP contribution in [0.4, 0.5) is 18.9 Å². The smallest absolute Gasteiger partial charge is 0.326 e. The zero-order chi connectivity index (χ0) is 22.2. The lowest BCUT2D eigenvalue weighted by molar-refractivity contribution is -0.137. The number of nitrogens with zero attached hydrogens (tertiary/aromatic N) is 3. The predicted molar refractivity (Wildman–Crippen MR) is 109 cm³/mol. The molecule has 0 saturated carbocycles.